The van der Waals surface area contributed by atoms with Gasteiger partial charge in [0.05, 0.1) is 67.4 Å². The molecular weight excluding hydrogens is 1650 g/mol. The third-order valence-corrected chi connectivity index (χ3v) is 32.4. The van der Waals surface area contributed by atoms with Gasteiger partial charge in [-0.1, -0.05) is 333 Å². The summed E-state index contributed by atoms with van der Waals surface area (Å²) in [4.78, 5) is 57.2. The summed E-state index contributed by atoms with van der Waals surface area (Å²) in [6.45, 7) is 17.6. The first-order valence-electron chi connectivity index (χ1n) is 45.0. The van der Waals surface area contributed by atoms with Gasteiger partial charge in [-0.15, -0.1) is 0 Å². The minimum absolute atomic E-state index is 0.0848. The number of para-hydroxylation sites is 3. The number of nitrogens with zero attached hydrogens (tertiary/aromatic N) is 3. The van der Waals surface area contributed by atoms with Crippen LogP contribution in [0.15, 0.2) is 399 Å². The Bertz CT molecular complexity index is 7960. The number of anilines is 9. The van der Waals surface area contributed by atoms with Gasteiger partial charge in [0.15, 0.2) is 17.3 Å². The molecule has 0 saturated heterocycles. The van der Waals surface area contributed by atoms with Crippen LogP contribution in [0, 0.1) is 55.4 Å². The monoisotopic (exact) mass is 1740 g/mol. The lowest BCUT2D eigenvalue weighted by atomic mass is 9.56. The quantitative estimate of drug-likeness (QED) is 0.172. The number of aryl methyl sites for hydroxylation is 8. The number of carbonyl (C=O) groups excluding carboxylic acids is 3. The molecule has 3 aliphatic carbocycles. The summed E-state index contributed by atoms with van der Waals surface area (Å²) < 4.78 is 0. The molecule has 6 nitrogen and oxygen atoms in total. The summed E-state index contributed by atoms with van der Waals surface area (Å²) in [6.07, 6.45) is 0. The number of fused-ring (bicyclic) bond motifs is 30. The molecule has 0 N–H and O–H groups in total. The van der Waals surface area contributed by atoms with Crippen LogP contribution in [0.5, 0.6) is 0 Å². The van der Waals surface area contributed by atoms with Crippen molar-refractivity contribution in [2.24, 2.45) is 0 Å². The van der Waals surface area contributed by atoms with E-state index in [9.17, 15) is 14.4 Å². The number of carbonyl (C=O) groups is 3. The highest BCUT2D eigenvalue weighted by molar-refractivity contribution is 8.00. The Balaban J connectivity index is 0.000000107. The Morgan fingerprint density at radius 3 is 1.18 bits per heavy atom. The maximum atomic E-state index is 14.3. The van der Waals surface area contributed by atoms with Gasteiger partial charge in [0, 0.05) is 68.3 Å². The van der Waals surface area contributed by atoms with E-state index in [-0.39, 0.29) is 17.3 Å². The standard InChI is InChI=1S/C46H31NOS.C40H27NOS.C36H27NOS/c1-28-13-3-5-15-31(28)30-23-25-41-40(27-30)47-39-22-12-11-21-38(39)46(36-19-9-7-17-34(36)45(48)35-18-8-10-20-37(35)46)43-33(24-26-42(49-41)44(43)47)32-16-6-4-14-29(32)2;1-24-11-9-12-25(2)37(24)26-21-22-31-34(23-26)41-33-18-7-8-19-35(33)43-36-20-10-17-32(38(36)41)40(31)29-15-5-3-13-27(29)39(42)28-14-4-6-16-30(28)40;1-20-13-14-30-32(16-20)39-33-17-21(2)15-29-34(33)37(30)31-19-23(4)22(3)18-28(31)36(29)26-11-7-5-9-24(26)35(38)25-10-6-8-12-27(25)36/h3-27H,1-2H3;3-23H,1-2H3;5-19H,1-4H3. The second-order valence-corrected chi connectivity index (χ2v) is 39.4. The molecule has 6 heterocycles. The van der Waals surface area contributed by atoms with Crippen molar-refractivity contribution < 1.29 is 14.4 Å². The van der Waals surface area contributed by atoms with Gasteiger partial charge in [0.2, 0.25) is 0 Å². The van der Waals surface area contributed by atoms with Gasteiger partial charge in [-0.2, -0.15) is 0 Å². The fourth-order valence-corrected chi connectivity index (χ4v) is 27.0. The first-order valence-corrected chi connectivity index (χ1v) is 47.5. The molecule has 18 aromatic carbocycles. The third-order valence-electron chi connectivity index (χ3n) is 29.1. The van der Waals surface area contributed by atoms with Crippen molar-refractivity contribution in [3.8, 4) is 33.4 Å². The first kappa shape index (κ1) is 78.7. The molecule has 6 aliphatic heterocycles. The maximum absolute atomic E-state index is 14.3. The molecule has 0 aromatic heterocycles. The van der Waals surface area contributed by atoms with E-state index in [4.69, 9.17) is 0 Å². The SMILES string of the molecule is Cc1ccc2c(c1)Sc1cc(C)cc3c1N2c1cc(C)c(C)cc1C31c2ccccc2C(=O)c2ccccc21.Cc1cccc(C)c1-c1ccc2c(c1)N1c3ccccc3Sc3cccc(c31)C21c2ccccc2C(=O)c2ccccc21.Cc1ccccc1-c1ccc2c(c1)N1c3ccccc3C3(c4ccccc4C(=O)c4ccccc43)c3c(-c4ccccc4C)ccc(c31)S2. The van der Waals surface area contributed by atoms with E-state index in [0.717, 1.165) is 78.1 Å². The van der Waals surface area contributed by atoms with Gasteiger partial charge >= 0.3 is 0 Å². The van der Waals surface area contributed by atoms with E-state index >= 15 is 0 Å². The van der Waals surface area contributed by atoms with Gasteiger partial charge in [-0.05, 0) is 267 Å². The number of benzene rings is 18. The van der Waals surface area contributed by atoms with E-state index in [1.165, 1.54) is 180 Å². The minimum Gasteiger partial charge on any atom is -0.308 e. The molecule has 624 valence electrons. The molecule has 0 amide bonds. The van der Waals surface area contributed by atoms with Crippen LogP contribution in [0.2, 0.25) is 0 Å². The van der Waals surface area contributed by atoms with E-state index in [0.29, 0.717) is 0 Å². The van der Waals surface area contributed by atoms with Crippen LogP contribution in [0.1, 0.15) is 159 Å². The van der Waals surface area contributed by atoms with Gasteiger partial charge < -0.3 is 14.7 Å². The zero-order chi connectivity index (χ0) is 88.4. The molecule has 0 fully saturated rings. The van der Waals surface area contributed by atoms with Gasteiger partial charge in [-0.3, -0.25) is 14.4 Å². The van der Waals surface area contributed by atoms with Crippen LogP contribution < -0.4 is 14.7 Å². The molecule has 9 aliphatic rings. The van der Waals surface area contributed by atoms with Crippen molar-refractivity contribution in [3.63, 3.8) is 0 Å². The lowest BCUT2D eigenvalue weighted by Crippen LogP contribution is -2.43. The predicted octanol–water partition coefficient (Wildman–Crippen LogP) is 31.1. The summed E-state index contributed by atoms with van der Waals surface area (Å²) in [5, 5.41) is 0. The molecule has 0 atom stereocenters. The van der Waals surface area contributed by atoms with Crippen LogP contribution >= 0.6 is 35.3 Å². The third kappa shape index (κ3) is 11.0. The summed E-state index contributed by atoms with van der Waals surface area (Å²) in [6, 6.07) is 133. The highest BCUT2D eigenvalue weighted by atomic mass is 32.2. The topological polar surface area (TPSA) is 60.9 Å². The van der Waals surface area contributed by atoms with Crippen LogP contribution in [0.4, 0.5) is 51.2 Å². The van der Waals surface area contributed by atoms with E-state index < -0.39 is 16.2 Å². The molecule has 0 radical (unpaired) electrons. The summed E-state index contributed by atoms with van der Waals surface area (Å²) in [7, 11) is 0. The largest absolute Gasteiger partial charge is 0.308 e. The lowest BCUT2D eigenvalue weighted by Gasteiger charge is -2.51. The van der Waals surface area contributed by atoms with E-state index in [2.05, 4.69) is 367 Å². The first-order chi connectivity index (χ1) is 64.0. The highest BCUT2D eigenvalue weighted by Gasteiger charge is 2.58. The molecule has 18 aromatic rings. The summed E-state index contributed by atoms with van der Waals surface area (Å²) in [5.74, 6) is 0.287. The summed E-state index contributed by atoms with van der Waals surface area (Å²) >= 11 is 5.54. The van der Waals surface area contributed by atoms with E-state index in [1.807, 2.05) is 108 Å². The molecule has 131 heavy (non-hydrogen) atoms. The number of hydrogen-bond donors (Lipinski definition) is 0. The van der Waals surface area contributed by atoms with Crippen LogP contribution in [0.25, 0.3) is 33.4 Å². The molecule has 0 bridgehead atoms. The Morgan fingerprint density at radius 1 is 0.198 bits per heavy atom. The molecule has 9 heteroatoms. The van der Waals surface area contributed by atoms with Crippen molar-refractivity contribution in [1.82, 2.24) is 0 Å². The maximum Gasteiger partial charge on any atom is 0.193 e. The Hall–Kier alpha value is -14.6. The number of rotatable bonds is 3. The Kier molecular flexibility index (Phi) is 17.7. The normalized spacial score (nSPS) is 14.8. The van der Waals surface area contributed by atoms with Crippen LogP contribution in [0.3, 0.4) is 0 Å². The zero-order valence-electron chi connectivity index (χ0n) is 73.5. The summed E-state index contributed by atoms with van der Waals surface area (Å²) in [5.41, 5.74) is 44.4. The second-order valence-electron chi connectivity index (χ2n) is 36.2. The number of hydrogen-bond acceptors (Lipinski definition) is 9. The average Bonchev–Trinajstić information content (AvgIpc) is 0.681. The van der Waals surface area contributed by atoms with Gasteiger partial charge in [-0.25, -0.2) is 0 Å². The Morgan fingerprint density at radius 2 is 0.588 bits per heavy atom. The van der Waals surface area contributed by atoms with Crippen molar-refractivity contribution >= 4 is 104 Å². The van der Waals surface area contributed by atoms with E-state index in [1.54, 1.807) is 0 Å². The van der Waals surface area contributed by atoms with Gasteiger partial charge in [0.25, 0.3) is 0 Å². The molecule has 0 unspecified atom stereocenters. The zero-order valence-corrected chi connectivity index (χ0v) is 76.0. The van der Waals surface area contributed by atoms with Crippen molar-refractivity contribution in [2.45, 2.75) is 101 Å². The van der Waals surface area contributed by atoms with Crippen LogP contribution in [-0.2, 0) is 16.2 Å². The lowest BCUT2D eigenvalue weighted by molar-refractivity contribution is 0.102. The fraction of sp³-hybridized carbons (Fsp3) is 0.0902. The van der Waals surface area contributed by atoms with Crippen molar-refractivity contribution in [2.75, 3.05) is 14.7 Å². The number of ketones is 3. The smallest absolute Gasteiger partial charge is 0.193 e. The molecule has 27 rings (SSSR count). The Labute approximate surface area is 776 Å². The second kappa shape index (κ2) is 29.5. The minimum atomic E-state index is -0.733. The highest BCUT2D eigenvalue weighted by Crippen LogP contribution is 2.71. The van der Waals surface area contributed by atoms with Crippen molar-refractivity contribution in [3.05, 3.63) is 515 Å². The predicted molar refractivity (Wildman–Crippen MR) is 536 cm³/mol. The molecular formula is C122H85N3O3S3. The molecule has 0 saturated carbocycles. The van der Waals surface area contributed by atoms with Gasteiger partial charge in [0.1, 0.15) is 0 Å². The average molecular weight is 1740 g/mol. The van der Waals surface area contributed by atoms with Crippen LogP contribution in [-0.4, -0.2) is 17.3 Å². The van der Waals surface area contributed by atoms with Crippen molar-refractivity contribution in [1.29, 1.82) is 0 Å². The fourth-order valence-electron chi connectivity index (χ4n) is 23.6. The molecule has 3 spiro atoms.